The maximum atomic E-state index is 11.2. The van der Waals surface area contributed by atoms with Gasteiger partial charge in [-0.1, -0.05) is 37.3 Å². The van der Waals surface area contributed by atoms with Gasteiger partial charge in [-0.25, -0.2) is 4.98 Å². The van der Waals surface area contributed by atoms with Crippen LogP contribution in [-0.4, -0.2) is 17.4 Å². The Kier molecular flexibility index (Phi) is 4.34. The number of nitrogens with one attached hydrogen (secondary N) is 1. The largest absolute Gasteiger partial charge is 0.445 e. The third-order valence-corrected chi connectivity index (χ3v) is 2.85. The van der Waals surface area contributed by atoms with Gasteiger partial charge in [0.15, 0.2) is 5.89 Å². The number of carbonyl (C=O) groups excluding carboxylic acids is 1. The molecule has 2 rings (SSSR count). The van der Waals surface area contributed by atoms with Gasteiger partial charge in [0, 0.05) is 31.9 Å². The first kappa shape index (κ1) is 13.3. The molecule has 0 unspecified atom stereocenters. The summed E-state index contributed by atoms with van der Waals surface area (Å²) >= 11 is 0. The number of benzene rings is 1. The molecule has 2 aromatic rings. The molecule has 0 spiro atoms. The van der Waals surface area contributed by atoms with Crippen LogP contribution in [0, 0.1) is 6.92 Å². The quantitative estimate of drug-likeness (QED) is 0.897. The molecule has 0 bridgehead atoms. The Morgan fingerprint density at radius 3 is 2.74 bits per heavy atom. The lowest BCUT2D eigenvalue weighted by Crippen LogP contribution is -2.24. The van der Waals surface area contributed by atoms with E-state index in [4.69, 9.17) is 4.42 Å². The molecule has 0 aliphatic heterocycles. The van der Waals surface area contributed by atoms with Gasteiger partial charge in [0.1, 0.15) is 11.5 Å². The highest BCUT2D eigenvalue weighted by Crippen LogP contribution is 2.23. The monoisotopic (exact) mass is 258 g/mol. The molecule has 0 aliphatic rings. The van der Waals surface area contributed by atoms with Crippen LogP contribution in [0.1, 0.15) is 25.0 Å². The lowest BCUT2D eigenvalue weighted by Gasteiger charge is -2.03. The maximum Gasteiger partial charge on any atom is 0.219 e. The van der Waals surface area contributed by atoms with Crippen molar-refractivity contribution in [1.29, 1.82) is 0 Å². The molecule has 1 aromatic carbocycles. The van der Waals surface area contributed by atoms with Crippen LogP contribution in [0.25, 0.3) is 11.3 Å². The highest BCUT2D eigenvalue weighted by molar-refractivity contribution is 5.75. The van der Waals surface area contributed by atoms with Gasteiger partial charge >= 0.3 is 0 Å². The van der Waals surface area contributed by atoms with Crippen LogP contribution >= 0.6 is 0 Å². The standard InChI is InChI=1S/C15H18N2O2/c1-3-14(18)16-10-9-13-15(17-11(2)19-13)12-7-5-4-6-8-12/h4-8H,3,9-10H2,1-2H3,(H,16,18). The zero-order valence-corrected chi connectivity index (χ0v) is 11.3. The molecule has 1 N–H and O–H groups in total. The predicted molar refractivity (Wildman–Crippen MR) is 73.7 cm³/mol. The Bertz CT molecular complexity index is 547. The van der Waals surface area contributed by atoms with E-state index in [2.05, 4.69) is 10.3 Å². The van der Waals surface area contributed by atoms with Gasteiger partial charge in [-0.15, -0.1) is 0 Å². The molecule has 0 saturated carbocycles. The molecule has 19 heavy (non-hydrogen) atoms. The number of aryl methyl sites for hydroxylation is 1. The number of oxazole rings is 1. The minimum Gasteiger partial charge on any atom is -0.445 e. The molecule has 100 valence electrons. The lowest BCUT2D eigenvalue weighted by molar-refractivity contribution is -0.120. The summed E-state index contributed by atoms with van der Waals surface area (Å²) in [5.74, 6) is 1.52. The van der Waals surface area contributed by atoms with E-state index in [-0.39, 0.29) is 5.91 Å². The normalized spacial score (nSPS) is 10.4. The number of hydrogen-bond acceptors (Lipinski definition) is 3. The van der Waals surface area contributed by atoms with Crippen molar-refractivity contribution in [1.82, 2.24) is 10.3 Å². The van der Waals surface area contributed by atoms with Gasteiger partial charge in [0.2, 0.25) is 5.91 Å². The van der Waals surface area contributed by atoms with Crippen LogP contribution in [0.5, 0.6) is 0 Å². The zero-order chi connectivity index (χ0) is 13.7. The van der Waals surface area contributed by atoms with Gasteiger partial charge in [0.05, 0.1) is 0 Å². The maximum absolute atomic E-state index is 11.2. The molecular weight excluding hydrogens is 240 g/mol. The van der Waals surface area contributed by atoms with E-state index in [1.165, 1.54) is 0 Å². The predicted octanol–water partition coefficient (Wildman–Crippen LogP) is 2.72. The minimum absolute atomic E-state index is 0.0532. The van der Waals surface area contributed by atoms with E-state index in [1.54, 1.807) is 0 Å². The van der Waals surface area contributed by atoms with E-state index in [0.717, 1.165) is 17.0 Å². The first-order chi connectivity index (χ1) is 9.20. The summed E-state index contributed by atoms with van der Waals surface area (Å²) in [6, 6.07) is 9.93. The summed E-state index contributed by atoms with van der Waals surface area (Å²) < 4.78 is 5.62. The highest BCUT2D eigenvalue weighted by Gasteiger charge is 2.12. The van der Waals surface area contributed by atoms with Crippen LogP contribution in [0.2, 0.25) is 0 Å². The van der Waals surface area contributed by atoms with Crippen molar-refractivity contribution in [3.8, 4) is 11.3 Å². The molecule has 1 aromatic heterocycles. The van der Waals surface area contributed by atoms with Crippen LogP contribution in [0.4, 0.5) is 0 Å². The molecule has 1 amide bonds. The lowest BCUT2D eigenvalue weighted by atomic mass is 10.1. The fourth-order valence-electron chi connectivity index (χ4n) is 1.90. The average Bonchev–Trinajstić information content (AvgIpc) is 2.80. The molecule has 0 radical (unpaired) electrons. The minimum atomic E-state index is 0.0532. The number of aromatic nitrogens is 1. The summed E-state index contributed by atoms with van der Waals surface area (Å²) in [5.41, 5.74) is 1.90. The van der Waals surface area contributed by atoms with Gasteiger partial charge in [-0.2, -0.15) is 0 Å². The number of nitrogens with zero attached hydrogens (tertiary/aromatic N) is 1. The van der Waals surface area contributed by atoms with E-state index < -0.39 is 0 Å². The Morgan fingerprint density at radius 1 is 1.32 bits per heavy atom. The van der Waals surface area contributed by atoms with Crippen molar-refractivity contribution < 1.29 is 9.21 Å². The van der Waals surface area contributed by atoms with E-state index in [0.29, 0.717) is 25.3 Å². The van der Waals surface area contributed by atoms with Gasteiger partial charge in [-0.05, 0) is 0 Å². The van der Waals surface area contributed by atoms with E-state index in [9.17, 15) is 4.79 Å². The zero-order valence-electron chi connectivity index (χ0n) is 11.3. The summed E-state index contributed by atoms with van der Waals surface area (Å²) in [6.45, 7) is 4.24. The van der Waals surface area contributed by atoms with Crippen molar-refractivity contribution in [3.63, 3.8) is 0 Å². The van der Waals surface area contributed by atoms with Crippen LogP contribution in [0.3, 0.4) is 0 Å². The van der Waals surface area contributed by atoms with E-state index >= 15 is 0 Å². The molecule has 4 heteroatoms. The Balaban J connectivity index is 2.11. The molecule has 0 saturated heterocycles. The Hall–Kier alpha value is -2.10. The first-order valence-corrected chi connectivity index (χ1v) is 6.49. The molecule has 1 heterocycles. The first-order valence-electron chi connectivity index (χ1n) is 6.49. The number of amides is 1. The fraction of sp³-hybridized carbons (Fsp3) is 0.333. The Morgan fingerprint density at radius 2 is 2.05 bits per heavy atom. The summed E-state index contributed by atoms with van der Waals surface area (Å²) in [5, 5.41) is 2.84. The number of rotatable bonds is 5. The molecular formula is C15H18N2O2. The van der Waals surface area contributed by atoms with Crippen molar-refractivity contribution in [3.05, 3.63) is 42.0 Å². The molecule has 0 aliphatic carbocycles. The average molecular weight is 258 g/mol. The second-order valence-corrected chi connectivity index (χ2v) is 4.32. The molecule has 0 fully saturated rings. The molecule has 4 nitrogen and oxygen atoms in total. The number of carbonyl (C=O) groups is 1. The third kappa shape index (κ3) is 3.44. The number of hydrogen-bond donors (Lipinski definition) is 1. The molecule has 0 atom stereocenters. The van der Waals surface area contributed by atoms with Crippen molar-refractivity contribution in [2.75, 3.05) is 6.54 Å². The SMILES string of the molecule is CCC(=O)NCCc1oc(C)nc1-c1ccccc1. The summed E-state index contributed by atoms with van der Waals surface area (Å²) in [6.07, 6.45) is 1.15. The van der Waals surface area contributed by atoms with E-state index in [1.807, 2.05) is 44.2 Å². The van der Waals surface area contributed by atoms with Crippen LogP contribution < -0.4 is 5.32 Å². The van der Waals surface area contributed by atoms with Gasteiger partial charge in [0.25, 0.3) is 0 Å². The topological polar surface area (TPSA) is 55.1 Å². The van der Waals surface area contributed by atoms with Crippen molar-refractivity contribution in [2.45, 2.75) is 26.7 Å². The highest BCUT2D eigenvalue weighted by atomic mass is 16.4. The third-order valence-electron chi connectivity index (χ3n) is 2.85. The smallest absolute Gasteiger partial charge is 0.219 e. The summed E-state index contributed by atoms with van der Waals surface area (Å²) in [4.78, 5) is 15.6. The van der Waals surface area contributed by atoms with Crippen molar-refractivity contribution >= 4 is 5.91 Å². The van der Waals surface area contributed by atoms with Gasteiger partial charge in [-0.3, -0.25) is 4.79 Å². The van der Waals surface area contributed by atoms with Crippen LogP contribution in [0.15, 0.2) is 34.7 Å². The second-order valence-electron chi connectivity index (χ2n) is 4.32. The fourth-order valence-corrected chi connectivity index (χ4v) is 1.90. The summed E-state index contributed by atoms with van der Waals surface area (Å²) in [7, 11) is 0. The van der Waals surface area contributed by atoms with Crippen molar-refractivity contribution in [2.24, 2.45) is 0 Å². The Labute approximate surface area is 112 Å². The second kappa shape index (κ2) is 6.18. The van der Waals surface area contributed by atoms with Crippen LogP contribution in [-0.2, 0) is 11.2 Å². The van der Waals surface area contributed by atoms with Gasteiger partial charge < -0.3 is 9.73 Å².